The Labute approximate surface area is 57.2 Å². The number of hydrogen-bond acceptors (Lipinski definition) is 3. The highest BCUT2D eigenvalue weighted by atomic mass is 15.1. The van der Waals surface area contributed by atoms with Crippen molar-refractivity contribution in [3.8, 4) is 0 Å². The molecule has 0 fully saturated rings. The lowest BCUT2D eigenvalue weighted by Crippen LogP contribution is -2.30. The molecule has 0 saturated carbocycles. The van der Waals surface area contributed by atoms with Gasteiger partial charge in [-0.15, -0.1) is 0 Å². The second-order valence-corrected chi connectivity index (χ2v) is 2.34. The maximum atomic E-state index is 5.27. The first-order valence-electron chi connectivity index (χ1n) is 3.33. The molecule has 0 spiro atoms. The fraction of sp³-hybridized carbons (Fsp3) is 1.00. The molecule has 0 rings (SSSR count). The Kier molecular flexibility index (Phi) is 5.93. The van der Waals surface area contributed by atoms with Crippen LogP contribution >= 0.6 is 0 Å². The summed E-state index contributed by atoms with van der Waals surface area (Å²) in [7, 11) is 4.12. The summed E-state index contributed by atoms with van der Waals surface area (Å²) in [5, 5.41) is 3.20. The first-order chi connectivity index (χ1) is 4.27. The SMILES string of the molecule is CN(C)CCNCCN. The molecule has 3 N–H and O–H groups in total. The maximum absolute atomic E-state index is 5.27. The molecule has 0 saturated heterocycles. The van der Waals surface area contributed by atoms with Gasteiger partial charge in [0.2, 0.25) is 0 Å². The van der Waals surface area contributed by atoms with Crippen LogP contribution in [-0.4, -0.2) is 45.2 Å². The highest BCUT2D eigenvalue weighted by Gasteiger charge is 1.86. The maximum Gasteiger partial charge on any atom is 0.0101 e. The Morgan fingerprint density at radius 1 is 1.33 bits per heavy atom. The Bertz CT molecular complexity index is 54.3. The third kappa shape index (κ3) is 7.88. The third-order valence-electron chi connectivity index (χ3n) is 1.06. The zero-order valence-electron chi connectivity index (χ0n) is 6.35. The van der Waals surface area contributed by atoms with Crippen LogP contribution in [0.4, 0.5) is 0 Å². The van der Waals surface area contributed by atoms with Crippen LogP contribution in [0.2, 0.25) is 0 Å². The number of hydrogen-bond donors (Lipinski definition) is 2. The van der Waals surface area contributed by atoms with Gasteiger partial charge in [-0.05, 0) is 14.1 Å². The van der Waals surface area contributed by atoms with E-state index in [9.17, 15) is 0 Å². The first kappa shape index (κ1) is 8.88. The molecular formula is C6H17N3. The summed E-state index contributed by atoms with van der Waals surface area (Å²) in [6, 6.07) is 0. The molecule has 0 aliphatic rings. The molecule has 0 heterocycles. The van der Waals surface area contributed by atoms with Crippen molar-refractivity contribution in [2.24, 2.45) is 5.73 Å². The topological polar surface area (TPSA) is 41.3 Å². The van der Waals surface area contributed by atoms with Crippen molar-refractivity contribution in [3.05, 3.63) is 0 Å². The van der Waals surface area contributed by atoms with E-state index < -0.39 is 0 Å². The lowest BCUT2D eigenvalue weighted by atomic mass is 10.5. The van der Waals surface area contributed by atoms with E-state index in [4.69, 9.17) is 5.73 Å². The summed E-state index contributed by atoms with van der Waals surface area (Å²) in [5.74, 6) is 0. The fourth-order valence-corrected chi connectivity index (χ4v) is 0.530. The molecular weight excluding hydrogens is 114 g/mol. The standard InChI is InChI=1S/C6H17N3/c1-9(2)6-5-8-4-3-7/h8H,3-7H2,1-2H3. The van der Waals surface area contributed by atoms with Gasteiger partial charge in [-0.1, -0.05) is 0 Å². The predicted octanol–water partition coefficient (Wildman–Crippen LogP) is -0.904. The number of nitrogens with zero attached hydrogens (tertiary/aromatic N) is 1. The van der Waals surface area contributed by atoms with Gasteiger partial charge in [0.1, 0.15) is 0 Å². The lowest BCUT2D eigenvalue weighted by Gasteiger charge is -2.08. The van der Waals surface area contributed by atoms with Crippen molar-refractivity contribution >= 4 is 0 Å². The average Bonchev–Trinajstić information content (AvgIpc) is 1.80. The van der Waals surface area contributed by atoms with Crippen LogP contribution in [0.15, 0.2) is 0 Å². The van der Waals surface area contributed by atoms with E-state index in [2.05, 4.69) is 24.3 Å². The van der Waals surface area contributed by atoms with Gasteiger partial charge < -0.3 is 16.0 Å². The predicted molar refractivity (Wildman–Crippen MR) is 40.5 cm³/mol. The van der Waals surface area contributed by atoms with Gasteiger partial charge in [-0.2, -0.15) is 0 Å². The van der Waals surface area contributed by atoms with E-state index in [1.807, 2.05) is 0 Å². The quantitative estimate of drug-likeness (QED) is 0.475. The normalized spacial score (nSPS) is 10.7. The van der Waals surface area contributed by atoms with E-state index in [1.54, 1.807) is 0 Å². The van der Waals surface area contributed by atoms with Gasteiger partial charge in [-0.25, -0.2) is 0 Å². The van der Waals surface area contributed by atoms with E-state index in [1.165, 1.54) is 0 Å². The van der Waals surface area contributed by atoms with E-state index in [0.717, 1.165) is 26.2 Å². The Morgan fingerprint density at radius 2 is 2.00 bits per heavy atom. The highest BCUT2D eigenvalue weighted by Crippen LogP contribution is 1.68. The molecule has 3 nitrogen and oxygen atoms in total. The van der Waals surface area contributed by atoms with Crippen molar-refractivity contribution < 1.29 is 0 Å². The van der Waals surface area contributed by atoms with Crippen molar-refractivity contribution in [1.82, 2.24) is 10.2 Å². The van der Waals surface area contributed by atoms with Crippen LogP contribution in [0.1, 0.15) is 0 Å². The summed E-state index contributed by atoms with van der Waals surface area (Å²) in [6.07, 6.45) is 0. The van der Waals surface area contributed by atoms with Gasteiger partial charge in [0.15, 0.2) is 0 Å². The Hall–Kier alpha value is -0.120. The van der Waals surface area contributed by atoms with Gasteiger partial charge >= 0.3 is 0 Å². The Balaban J connectivity index is 2.75. The molecule has 0 unspecified atom stereocenters. The molecule has 0 amide bonds. The minimum Gasteiger partial charge on any atom is -0.329 e. The van der Waals surface area contributed by atoms with Crippen LogP contribution in [0, 0.1) is 0 Å². The minimum absolute atomic E-state index is 0.730. The molecule has 0 aliphatic carbocycles. The molecule has 0 aromatic rings. The summed E-state index contributed by atoms with van der Waals surface area (Å²) >= 11 is 0. The van der Waals surface area contributed by atoms with Crippen LogP contribution in [0.3, 0.4) is 0 Å². The van der Waals surface area contributed by atoms with Gasteiger partial charge in [0.05, 0.1) is 0 Å². The molecule has 0 aliphatic heterocycles. The molecule has 0 atom stereocenters. The van der Waals surface area contributed by atoms with Crippen molar-refractivity contribution in [1.29, 1.82) is 0 Å². The van der Waals surface area contributed by atoms with Gasteiger partial charge in [0, 0.05) is 26.2 Å². The zero-order valence-corrected chi connectivity index (χ0v) is 6.35. The molecule has 9 heavy (non-hydrogen) atoms. The van der Waals surface area contributed by atoms with Crippen LogP contribution in [-0.2, 0) is 0 Å². The lowest BCUT2D eigenvalue weighted by molar-refractivity contribution is 0.401. The van der Waals surface area contributed by atoms with Gasteiger partial charge in [0.25, 0.3) is 0 Å². The van der Waals surface area contributed by atoms with Crippen molar-refractivity contribution in [2.45, 2.75) is 0 Å². The second kappa shape index (κ2) is 6.01. The van der Waals surface area contributed by atoms with Crippen LogP contribution in [0.25, 0.3) is 0 Å². The average molecular weight is 131 g/mol. The van der Waals surface area contributed by atoms with Crippen molar-refractivity contribution in [2.75, 3.05) is 40.3 Å². The van der Waals surface area contributed by atoms with E-state index in [-0.39, 0.29) is 0 Å². The molecule has 0 bridgehead atoms. The largest absolute Gasteiger partial charge is 0.329 e. The number of likely N-dealkylation sites (N-methyl/N-ethyl adjacent to an activating group) is 1. The molecule has 0 aromatic carbocycles. The fourth-order valence-electron chi connectivity index (χ4n) is 0.530. The highest BCUT2D eigenvalue weighted by molar-refractivity contribution is 4.49. The molecule has 56 valence electrons. The smallest absolute Gasteiger partial charge is 0.0101 e. The second-order valence-electron chi connectivity index (χ2n) is 2.34. The first-order valence-corrected chi connectivity index (χ1v) is 3.33. The third-order valence-corrected chi connectivity index (χ3v) is 1.06. The van der Waals surface area contributed by atoms with E-state index >= 15 is 0 Å². The summed E-state index contributed by atoms with van der Waals surface area (Å²) in [6.45, 7) is 3.77. The Morgan fingerprint density at radius 3 is 2.44 bits per heavy atom. The molecule has 0 aromatic heterocycles. The molecule has 3 heteroatoms. The number of nitrogens with two attached hydrogens (primary N) is 1. The number of nitrogens with one attached hydrogen (secondary N) is 1. The van der Waals surface area contributed by atoms with E-state index in [0.29, 0.717) is 0 Å². The zero-order chi connectivity index (χ0) is 7.11. The summed E-state index contributed by atoms with van der Waals surface area (Å²) in [5.41, 5.74) is 5.27. The summed E-state index contributed by atoms with van der Waals surface area (Å²) < 4.78 is 0. The monoisotopic (exact) mass is 131 g/mol. The van der Waals surface area contributed by atoms with Crippen LogP contribution in [0.5, 0.6) is 0 Å². The van der Waals surface area contributed by atoms with Gasteiger partial charge in [-0.3, -0.25) is 0 Å². The summed E-state index contributed by atoms with van der Waals surface area (Å²) in [4.78, 5) is 2.14. The minimum atomic E-state index is 0.730. The molecule has 0 radical (unpaired) electrons. The van der Waals surface area contributed by atoms with Crippen LogP contribution < -0.4 is 11.1 Å². The van der Waals surface area contributed by atoms with Crippen molar-refractivity contribution in [3.63, 3.8) is 0 Å². The number of rotatable bonds is 5.